The average molecular weight is 754 g/mol. The molecule has 278 valence electrons. The molecule has 0 saturated carbocycles. The molecular weight excluding hydrogens is 715 g/mol. The summed E-state index contributed by atoms with van der Waals surface area (Å²) in [6.45, 7) is 4.72. The number of hydrogen-bond acceptors (Lipinski definition) is 3. The summed E-state index contributed by atoms with van der Waals surface area (Å²) < 4.78 is 0. The van der Waals surface area contributed by atoms with Gasteiger partial charge in [-0.3, -0.25) is 4.98 Å². The summed E-state index contributed by atoms with van der Waals surface area (Å²) in [4.78, 5) is 14.8. The first-order valence-electron chi connectivity index (χ1n) is 20.2. The lowest BCUT2D eigenvalue weighted by Crippen LogP contribution is -2.15. The molecule has 8 aromatic carbocycles. The van der Waals surface area contributed by atoms with Crippen molar-refractivity contribution in [1.29, 1.82) is 0 Å². The molecule has 1 aliphatic rings. The number of hydrogen-bond donors (Lipinski definition) is 0. The Bertz CT molecular complexity index is 3200. The normalized spacial score (nSPS) is 12.7. The third-order valence-corrected chi connectivity index (χ3v) is 12.2. The standard InChI is InChI=1S/C56H39N3/c1-56(2)50-31-27-38-11-6-7-15-45(38)54(50)49-28-26-42(33-51(49)56)36-18-22-39(23-19-36)44-29-30-48(47-17-9-8-16-46(44)47)55-58-52(40-12-4-3-5-13-40)34-53(59-55)41-24-20-37(21-25-41)43-14-10-32-57-35-43/h3-35H,1-2H3. The van der Waals surface area contributed by atoms with Gasteiger partial charge in [-0.05, 0) is 101 Å². The highest BCUT2D eigenvalue weighted by Gasteiger charge is 2.36. The molecule has 0 fully saturated rings. The van der Waals surface area contributed by atoms with Crippen LogP contribution in [0.15, 0.2) is 200 Å². The van der Waals surface area contributed by atoms with E-state index in [4.69, 9.17) is 9.97 Å². The molecular formula is C56H39N3. The van der Waals surface area contributed by atoms with Gasteiger partial charge in [-0.1, -0.05) is 178 Å². The monoisotopic (exact) mass is 753 g/mol. The second-order valence-electron chi connectivity index (χ2n) is 16.0. The van der Waals surface area contributed by atoms with Gasteiger partial charge < -0.3 is 0 Å². The molecule has 2 aromatic heterocycles. The van der Waals surface area contributed by atoms with E-state index in [1.54, 1.807) is 6.20 Å². The summed E-state index contributed by atoms with van der Waals surface area (Å²) in [5.74, 6) is 0.700. The van der Waals surface area contributed by atoms with E-state index in [2.05, 4.69) is 195 Å². The minimum Gasteiger partial charge on any atom is -0.264 e. The van der Waals surface area contributed by atoms with Crippen LogP contribution in [-0.4, -0.2) is 15.0 Å². The topological polar surface area (TPSA) is 38.7 Å². The summed E-state index contributed by atoms with van der Waals surface area (Å²) in [5, 5.41) is 4.90. The number of nitrogens with zero attached hydrogens (tertiary/aromatic N) is 3. The van der Waals surface area contributed by atoms with Gasteiger partial charge in [0.2, 0.25) is 0 Å². The molecule has 0 saturated heterocycles. The van der Waals surface area contributed by atoms with Crippen LogP contribution >= 0.6 is 0 Å². The minimum atomic E-state index is -0.0820. The Morgan fingerprint density at radius 1 is 0.373 bits per heavy atom. The van der Waals surface area contributed by atoms with Crippen molar-refractivity contribution in [2.45, 2.75) is 19.3 Å². The summed E-state index contributed by atoms with van der Waals surface area (Å²) >= 11 is 0. The molecule has 11 rings (SSSR count). The lowest BCUT2D eigenvalue weighted by Gasteiger charge is -2.22. The molecule has 2 heterocycles. The first kappa shape index (κ1) is 34.7. The van der Waals surface area contributed by atoms with Crippen molar-refractivity contribution < 1.29 is 0 Å². The SMILES string of the molecule is CC1(C)c2cc(-c3ccc(-c4ccc(-c5nc(-c6ccccc6)cc(-c6ccc(-c7cccnc7)cc6)n5)c5ccccc45)cc3)ccc2-c2c1ccc1ccccc21. The minimum absolute atomic E-state index is 0.0820. The second-order valence-corrected chi connectivity index (χ2v) is 16.0. The van der Waals surface area contributed by atoms with Gasteiger partial charge in [0, 0.05) is 34.5 Å². The maximum atomic E-state index is 5.24. The zero-order valence-electron chi connectivity index (χ0n) is 32.9. The lowest BCUT2D eigenvalue weighted by atomic mass is 9.81. The maximum Gasteiger partial charge on any atom is 0.161 e. The Labute approximate surface area is 344 Å². The lowest BCUT2D eigenvalue weighted by molar-refractivity contribution is 0.661. The molecule has 0 spiro atoms. The van der Waals surface area contributed by atoms with E-state index in [-0.39, 0.29) is 5.41 Å². The molecule has 0 bridgehead atoms. The fourth-order valence-corrected chi connectivity index (χ4v) is 9.11. The predicted molar refractivity (Wildman–Crippen MR) is 245 cm³/mol. The Hall–Kier alpha value is -7.49. The van der Waals surface area contributed by atoms with Crippen LogP contribution in [0.3, 0.4) is 0 Å². The third-order valence-electron chi connectivity index (χ3n) is 12.2. The van der Waals surface area contributed by atoms with E-state index >= 15 is 0 Å². The van der Waals surface area contributed by atoms with E-state index in [0.717, 1.165) is 50.0 Å². The van der Waals surface area contributed by atoms with E-state index in [1.165, 1.54) is 55.3 Å². The third kappa shape index (κ3) is 5.94. The summed E-state index contributed by atoms with van der Waals surface area (Å²) in [6, 6.07) is 67.6. The smallest absolute Gasteiger partial charge is 0.161 e. The molecule has 1 aliphatic carbocycles. The van der Waals surface area contributed by atoms with Gasteiger partial charge >= 0.3 is 0 Å². The van der Waals surface area contributed by atoms with Gasteiger partial charge in [-0.25, -0.2) is 9.97 Å². The quantitative estimate of drug-likeness (QED) is 0.170. The first-order valence-corrected chi connectivity index (χ1v) is 20.2. The fourth-order valence-electron chi connectivity index (χ4n) is 9.11. The molecule has 59 heavy (non-hydrogen) atoms. The van der Waals surface area contributed by atoms with E-state index in [0.29, 0.717) is 5.82 Å². The van der Waals surface area contributed by atoms with Gasteiger partial charge in [-0.15, -0.1) is 0 Å². The van der Waals surface area contributed by atoms with E-state index in [9.17, 15) is 0 Å². The maximum absolute atomic E-state index is 5.24. The second kappa shape index (κ2) is 13.9. The first-order chi connectivity index (χ1) is 29.0. The average Bonchev–Trinajstić information content (AvgIpc) is 3.54. The highest BCUT2D eigenvalue weighted by atomic mass is 14.9. The van der Waals surface area contributed by atoms with Crippen LogP contribution in [0.25, 0.3) is 100.0 Å². The molecule has 0 atom stereocenters. The van der Waals surface area contributed by atoms with Gasteiger partial charge in [0.15, 0.2) is 5.82 Å². The van der Waals surface area contributed by atoms with Crippen LogP contribution in [0.5, 0.6) is 0 Å². The molecule has 10 aromatic rings. The predicted octanol–water partition coefficient (Wildman–Crippen LogP) is 14.5. The largest absolute Gasteiger partial charge is 0.264 e. The van der Waals surface area contributed by atoms with Crippen LogP contribution in [0.1, 0.15) is 25.0 Å². The van der Waals surface area contributed by atoms with E-state index in [1.807, 2.05) is 18.3 Å². The van der Waals surface area contributed by atoms with Crippen molar-refractivity contribution in [3.05, 3.63) is 212 Å². The van der Waals surface area contributed by atoms with Gasteiger partial charge in [0.25, 0.3) is 0 Å². The van der Waals surface area contributed by atoms with E-state index < -0.39 is 0 Å². The highest BCUT2D eigenvalue weighted by Crippen LogP contribution is 2.52. The van der Waals surface area contributed by atoms with Crippen LogP contribution < -0.4 is 0 Å². The molecule has 0 unspecified atom stereocenters. The van der Waals surface area contributed by atoms with Crippen LogP contribution in [-0.2, 0) is 5.41 Å². The Balaban J connectivity index is 0.961. The zero-order valence-corrected chi connectivity index (χ0v) is 32.9. The fraction of sp³-hybridized carbons (Fsp3) is 0.0536. The molecule has 3 heteroatoms. The summed E-state index contributed by atoms with van der Waals surface area (Å²) in [7, 11) is 0. The van der Waals surface area contributed by atoms with Gasteiger partial charge in [-0.2, -0.15) is 0 Å². The number of rotatable bonds is 6. The summed E-state index contributed by atoms with van der Waals surface area (Å²) in [6.07, 6.45) is 3.69. The number of fused-ring (bicyclic) bond motifs is 6. The highest BCUT2D eigenvalue weighted by molar-refractivity contribution is 6.05. The van der Waals surface area contributed by atoms with Gasteiger partial charge in [0.1, 0.15) is 0 Å². The van der Waals surface area contributed by atoms with Crippen molar-refractivity contribution >= 4 is 21.5 Å². The van der Waals surface area contributed by atoms with Crippen molar-refractivity contribution in [2.24, 2.45) is 0 Å². The zero-order chi connectivity index (χ0) is 39.5. The molecule has 0 radical (unpaired) electrons. The molecule has 0 amide bonds. The van der Waals surface area contributed by atoms with Crippen molar-refractivity contribution in [3.8, 4) is 78.4 Å². The van der Waals surface area contributed by atoms with Crippen molar-refractivity contribution in [2.75, 3.05) is 0 Å². The number of benzene rings is 8. The number of aromatic nitrogens is 3. The Kier molecular flexibility index (Phi) is 8.16. The molecule has 3 nitrogen and oxygen atoms in total. The van der Waals surface area contributed by atoms with Crippen LogP contribution in [0.2, 0.25) is 0 Å². The van der Waals surface area contributed by atoms with Crippen molar-refractivity contribution in [3.63, 3.8) is 0 Å². The molecule has 0 aliphatic heterocycles. The van der Waals surface area contributed by atoms with Crippen LogP contribution in [0, 0.1) is 0 Å². The van der Waals surface area contributed by atoms with Gasteiger partial charge in [0.05, 0.1) is 11.4 Å². The van der Waals surface area contributed by atoms with Crippen molar-refractivity contribution in [1.82, 2.24) is 15.0 Å². The summed E-state index contributed by atoms with van der Waals surface area (Å²) in [5.41, 5.74) is 17.3. The molecule has 0 N–H and O–H groups in total. The Morgan fingerprint density at radius 3 is 1.66 bits per heavy atom. The Morgan fingerprint density at radius 2 is 0.932 bits per heavy atom. The van der Waals surface area contributed by atoms with Crippen LogP contribution in [0.4, 0.5) is 0 Å². The number of pyridine rings is 1.